The molecule has 28 heavy (non-hydrogen) atoms. The van der Waals surface area contributed by atoms with Gasteiger partial charge in [0.1, 0.15) is 11.5 Å². The molecule has 0 aliphatic carbocycles. The summed E-state index contributed by atoms with van der Waals surface area (Å²) in [6.07, 6.45) is 8.34. The van der Waals surface area contributed by atoms with Crippen molar-refractivity contribution in [2.24, 2.45) is 0 Å². The number of rotatable bonds is 5. The van der Waals surface area contributed by atoms with Crippen molar-refractivity contribution in [2.45, 2.75) is 13.8 Å². The highest BCUT2D eigenvalue weighted by Gasteiger charge is 2.12. The minimum Gasteiger partial charge on any atom is -0.421 e. The van der Waals surface area contributed by atoms with Gasteiger partial charge in [-0.25, -0.2) is 9.59 Å². The molecule has 0 N–H and O–H groups in total. The van der Waals surface area contributed by atoms with Gasteiger partial charge in [0.25, 0.3) is 0 Å². The third-order valence-electron chi connectivity index (χ3n) is 3.62. The molecule has 0 atom stereocenters. The Morgan fingerprint density at radius 1 is 0.786 bits per heavy atom. The van der Waals surface area contributed by atoms with Gasteiger partial charge >= 0.3 is 12.3 Å². The van der Waals surface area contributed by atoms with Crippen LogP contribution >= 0.6 is 0 Å². The molecular formula is C22H18O6. The van der Waals surface area contributed by atoms with E-state index in [9.17, 15) is 9.59 Å². The van der Waals surface area contributed by atoms with Gasteiger partial charge in [0, 0.05) is 0 Å². The van der Waals surface area contributed by atoms with Crippen LogP contribution in [0.2, 0.25) is 0 Å². The first kappa shape index (κ1) is 20.4. The minimum atomic E-state index is -0.858. The Bertz CT molecular complexity index is 882. The fourth-order valence-corrected chi connectivity index (χ4v) is 2.33. The summed E-state index contributed by atoms with van der Waals surface area (Å²) in [5, 5.41) is 0. The van der Waals surface area contributed by atoms with Crippen LogP contribution < -0.4 is 9.47 Å². The van der Waals surface area contributed by atoms with Crippen LogP contribution in [0.5, 0.6) is 11.5 Å². The third kappa shape index (κ3) is 5.55. The van der Waals surface area contributed by atoms with E-state index in [4.69, 9.17) is 31.8 Å². The maximum absolute atomic E-state index is 11.5. The van der Waals surface area contributed by atoms with Gasteiger partial charge in [0.2, 0.25) is 0 Å². The van der Waals surface area contributed by atoms with Gasteiger partial charge in [-0.3, -0.25) is 0 Å². The Balaban J connectivity index is 2.13. The SMILES string of the molecule is C#CCOC(=O)Oc1ccc(-c2ccc(OC(=O)OCC#C)c(C)c2)cc1C. The summed E-state index contributed by atoms with van der Waals surface area (Å²) < 4.78 is 19.6. The Labute approximate surface area is 163 Å². The molecule has 0 aliphatic heterocycles. The molecule has 142 valence electrons. The topological polar surface area (TPSA) is 71.1 Å². The monoisotopic (exact) mass is 378 g/mol. The fraction of sp³-hybridized carbons (Fsp3) is 0.182. The smallest absolute Gasteiger partial charge is 0.421 e. The van der Waals surface area contributed by atoms with E-state index in [2.05, 4.69) is 11.8 Å². The van der Waals surface area contributed by atoms with Gasteiger partial charge in [-0.1, -0.05) is 24.0 Å². The maximum Gasteiger partial charge on any atom is 0.514 e. The summed E-state index contributed by atoms with van der Waals surface area (Å²) in [6, 6.07) is 10.7. The Morgan fingerprint density at radius 2 is 1.18 bits per heavy atom. The first-order valence-electron chi connectivity index (χ1n) is 8.22. The van der Waals surface area contributed by atoms with Crippen LogP contribution in [-0.2, 0) is 9.47 Å². The lowest BCUT2D eigenvalue weighted by atomic mass is 10.0. The molecule has 0 heterocycles. The first-order valence-corrected chi connectivity index (χ1v) is 8.22. The molecule has 0 unspecified atom stereocenters. The van der Waals surface area contributed by atoms with Crippen LogP contribution in [0.15, 0.2) is 36.4 Å². The molecule has 0 saturated carbocycles. The van der Waals surface area contributed by atoms with Crippen molar-refractivity contribution in [3.8, 4) is 47.3 Å². The number of hydrogen-bond donors (Lipinski definition) is 0. The lowest BCUT2D eigenvalue weighted by Gasteiger charge is -2.11. The van der Waals surface area contributed by atoms with Crippen molar-refractivity contribution in [1.29, 1.82) is 0 Å². The summed E-state index contributed by atoms with van der Waals surface area (Å²) in [6.45, 7) is 3.30. The first-order chi connectivity index (χ1) is 13.4. The van der Waals surface area contributed by atoms with Crippen molar-refractivity contribution in [1.82, 2.24) is 0 Å². The van der Waals surface area contributed by atoms with E-state index in [1.54, 1.807) is 38.1 Å². The van der Waals surface area contributed by atoms with Crippen LogP contribution in [0.1, 0.15) is 11.1 Å². The number of carbonyl (C=O) groups is 2. The maximum atomic E-state index is 11.5. The van der Waals surface area contributed by atoms with E-state index >= 15 is 0 Å². The van der Waals surface area contributed by atoms with E-state index < -0.39 is 12.3 Å². The zero-order valence-corrected chi connectivity index (χ0v) is 15.5. The van der Waals surface area contributed by atoms with Gasteiger partial charge in [0.15, 0.2) is 13.2 Å². The zero-order valence-electron chi connectivity index (χ0n) is 15.5. The van der Waals surface area contributed by atoms with E-state index in [0.29, 0.717) is 11.5 Å². The highest BCUT2D eigenvalue weighted by Crippen LogP contribution is 2.30. The van der Waals surface area contributed by atoms with Crippen LogP contribution in [0.4, 0.5) is 9.59 Å². The predicted octanol–water partition coefficient (Wildman–Crippen LogP) is 4.27. The lowest BCUT2D eigenvalue weighted by Crippen LogP contribution is -2.11. The number of ether oxygens (including phenoxy) is 4. The van der Waals surface area contributed by atoms with Crippen LogP contribution in [0.25, 0.3) is 11.1 Å². The lowest BCUT2D eigenvalue weighted by molar-refractivity contribution is 0.110. The van der Waals surface area contributed by atoms with Crippen molar-refractivity contribution >= 4 is 12.3 Å². The third-order valence-corrected chi connectivity index (χ3v) is 3.62. The molecule has 0 spiro atoms. The Hall–Kier alpha value is -3.90. The number of hydrogen-bond acceptors (Lipinski definition) is 6. The largest absolute Gasteiger partial charge is 0.514 e. The molecule has 6 nitrogen and oxygen atoms in total. The average Bonchev–Trinajstić information content (AvgIpc) is 2.67. The molecule has 0 fully saturated rings. The highest BCUT2D eigenvalue weighted by molar-refractivity contribution is 5.71. The van der Waals surface area contributed by atoms with Gasteiger partial charge in [-0.05, 0) is 60.4 Å². The van der Waals surface area contributed by atoms with Crippen molar-refractivity contribution < 1.29 is 28.5 Å². The molecule has 0 aromatic heterocycles. The normalized spacial score (nSPS) is 9.57. The van der Waals surface area contributed by atoms with Crippen LogP contribution in [-0.4, -0.2) is 25.5 Å². The van der Waals surface area contributed by atoms with Crippen molar-refractivity contribution in [2.75, 3.05) is 13.2 Å². The summed E-state index contributed by atoms with van der Waals surface area (Å²) in [7, 11) is 0. The number of aryl methyl sites for hydroxylation is 2. The fourth-order valence-electron chi connectivity index (χ4n) is 2.33. The molecule has 0 aliphatic rings. The van der Waals surface area contributed by atoms with E-state index in [0.717, 1.165) is 22.3 Å². The number of benzene rings is 2. The Morgan fingerprint density at radius 3 is 1.50 bits per heavy atom. The highest BCUT2D eigenvalue weighted by atomic mass is 16.7. The molecular weight excluding hydrogens is 360 g/mol. The van der Waals surface area contributed by atoms with Crippen LogP contribution in [0, 0.1) is 38.5 Å². The zero-order chi connectivity index (χ0) is 20.5. The summed E-state index contributed by atoms with van der Waals surface area (Å²) in [5.41, 5.74) is 3.27. The minimum absolute atomic E-state index is 0.153. The van der Waals surface area contributed by atoms with Gasteiger partial charge in [0.05, 0.1) is 0 Å². The van der Waals surface area contributed by atoms with Gasteiger partial charge < -0.3 is 18.9 Å². The molecule has 6 heteroatoms. The summed E-state index contributed by atoms with van der Waals surface area (Å²) >= 11 is 0. The van der Waals surface area contributed by atoms with E-state index in [-0.39, 0.29) is 13.2 Å². The van der Waals surface area contributed by atoms with Crippen molar-refractivity contribution in [3.05, 3.63) is 47.5 Å². The summed E-state index contributed by atoms with van der Waals surface area (Å²) in [5.74, 6) is 5.13. The molecule has 0 amide bonds. The molecule has 2 aromatic carbocycles. The van der Waals surface area contributed by atoms with E-state index in [1.165, 1.54) is 0 Å². The number of terminal acetylenes is 2. The molecule has 0 bridgehead atoms. The second kappa shape index (κ2) is 9.70. The van der Waals surface area contributed by atoms with Gasteiger partial charge in [-0.2, -0.15) is 0 Å². The predicted molar refractivity (Wildman–Crippen MR) is 103 cm³/mol. The molecule has 2 aromatic rings. The van der Waals surface area contributed by atoms with E-state index in [1.807, 2.05) is 12.1 Å². The standard InChI is InChI=1S/C22H18O6/c1-5-11-25-21(23)27-19-9-7-17(13-15(19)3)18-8-10-20(16(4)14-18)28-22(24)26-12-6-2/h1-2,7-10,13-14H,11-12H2,3-4H3. The Kier molecular flexibility index (Phi) is 7.07. The molecule has 0 radical (unpaired) electrons. The summed E-state index contributed by atoms with van der Waals surface area (Å²) in [4.78, 5) is 23.0. The molecule has 2 rings (SSSR count). The van der Waals surface area contributed by atoms with Gasteiger partial charge in [-0.15, -0.1) is 12.8 Å². The molecule has 0 saturated heterocycles. The number of carbonyl (C=O) groups excluding carboxylic acids is 2. The van der Waals surface area contributed by atoms with Crippen LogP contribution in [0.3, 0.4) is 0 Å². The quantitative estimate of drug-likeness (QED) is 0.440. The van der Waals surface area contributed by atoms with Crippen molar-refractivity contribution in [3.63, 3.8) is 0 Å². The average molecular weight is 378 g/mol. The second-order valence-corrected chi connectivity index (χ2v) is 5.65. The second-order valence-electron chi connectivity index (χ2n) is 5.65.